The van der Waals surface area contributed by atoms with Crippen molar-refractivity contribution < 1.29 is 19.1 Å². The molecular formula is C29H33N5O4. The number of rotatable bonds is 3. The van der Waals surface area contributed by atoms with Crippen LogP contribution in [0.3, 0.4) is 0 Å². The number of aromatic nitrogens is 2. The fourth-order valence-corrected chi connectivity index (χ4v) is 6.56. The number of nitrogens with one attached hydrogen (secondary N) is 1. The third-order valence-electron chi connectivity index (χ3n) is 8.33. The number of anilines is 1. The van der Waals surface area contributed by atoms with Crippen LogP contribution in [0.4, 0.5) is 5.69 Å². The van der Waals surface area contributed by atoms with Gasteiger partial charge in [0.25, 0.3) is 5.91 Å². The zero-order valence-electron chi connectivity index (χ0n) is 22.1. The fraction of sp³-hybridized carbons (Fsp3) is 0.448. The molecule has 3 aromatic rings. The lowest BCUT2D eigenvalue weighted by Gasteiger charge is -2.39. The van der Waals surface area contributed by atoms with Crippen molar-refractivity contribution in [3.63, 3.8) is 0 Å². The number of fused-ring (bicyclic) bond motifs is 3. The minimum absolute atomic E-state index is 0.0177. The molecule has 0 saturated carbocycles. The zero-order valence-corrected chi connectivity index (χ0v) is 22.1. The predicted molar refractivity (Wildman–Crippen MR) is 143 cm³/mol. The number of nitrogens with zero attached hydrogens (tertiary/aromatic N) is 4. The Labute approximate surface area is 221 Å². The van der Waals surface area contributed by atoms with E-state index in [0.29, 0.717) is 44.6 Å². The topological polar surface area (TPSA) is 98.8 Å². The highest BCUT2D eigenvalue weighted by atomic mass is 16.5. The molecule has 6 rings (SSSR count). The first-order valence-electron chi connectivity index (χ1n) is 13.3. The molecule has 1 N–H and O–H groups in total. The van der Waals surface area contributed by atoms with Gasteiger partial charge in [-0.2, -0.15) is 5.10 Å². The van der Waals surface area contributed by atoms with Crippen LogP contribution >= 0.6 is 0 Å². The summed E-state index contributed by atoms with van der Waals surface area (Å²) in [7, 11) is 0. The van der Waals surface area contributed by atoms with E-state index >= 15 is 0 Å². The summed E-state index contributed by atoms with van der Waals surface area (Å²) in [5.74, 6) is -0.135. The summed E-state index contributed by atoms with van der Waals surface area (Å²) >= 11 is 0. The predicted octanol–water partition coefficient (Wildman–Crippen LogP) is 3.03. The molecule has 1 spiro atoms. The van der Waals surface area contributed by atoms with E-state index in [0.717, 1.165) is 27.7 Å². The van der Waals surface area contributed by atoms with Gasteiger partial charge in [-0.15, -0.1) is 0 Å². The second-order valence-electron chi connectivity index (χ2n) is 11.0. The van der Waals surface area contributed by atoms with Gasteiger partial charge in [0.05, 0.1) is 29.3 Å². The smallest absolute Gasteiger partial charge is 0.253 e. The molecular weight excluding hydrogens is 482 g/mol. The van der Waals surface area contributed by atoms with Gasteiger partial charge >= 0.3 is 0 Å². The third-order valence-corrected chi connectivity index (χ3v) is 8.33. The molecule has 198 valence electrons. The Morgan fingerprint density at radius 1 is 1.08 bits per heavy atom. The summed E-state index contributed by atoms with van der Waals surface area (Å²) in [6.45, 7) is 7.98. The molecule has 3 amide bonds. The Balaban J connectivity index is 1.23. The Morgan fingerprint density at radius 2 is 1.82 bits per heavy atom. The molecule has 4 heterocycles. The van der Waals surface area contributed by atoms with Crippen LogP contribution in [0.2, 0.25) is 0 Å². The van der Waals surface area contributed by atoms with E-state index in [1.807, 2.05) is 67.0 Å². The molecule has 0 unspecified atom stereocenters. The lowest BCUT2D eigenvalue weighted by Crippen LogP contribution is -2.54. The van der Waals surface area contributed by atoms with Crippen LogP contribution in [0.5, 0.6) is 0 Å². The van der Waals surface area contributed by atoms with Crippen LogP contribution < -0.4 is 4.90 Å². The maximum atomic E-state index is 14.1. The molecule has 0 bridgehead atoms. The highest BCUT2D eigenvalue weighted by Gasteiger charge is 2.53. The number of morpholine rings is 1. The number of carbonyl (C=O) groups is 3. The SMILES string of the molecule is Cc1cccc2c1C1(CCN(C(=O)c3ccc4[nH]ncc4c3)CC1)C(=O)N2CC(=O)N1C[C@@H](C)O[C@@H](C)C1. The van der Waals surface area contributed by atoms with Gasteiger partial charge < -0.3 is 19.4 Å². The molecule has 0 aliphatic carbocycles. The first-order valence-corrected chi connectivity index (χ1v) is 13.3. The van der Waals surface area contributed by atoms with Gasteiger partial charge in [0, 0.05) is 42.8 Å². The van der Waals surface area contributed by atoms with Crippen LogP contribution in [0, 0.1) is 6.92 Å². The molecule has 2 saturated heterocycles. The van der Waals surface area contributed by atoms with E-state index in [9.17, 15) is 14.4 Å². The Kier molecular flexibility index (Phi) is 5.98. The van der Waals surface area contributed by atoms with Crippen molar-refractivity contribution in [1.82, 2.24) is 20.0 Å². The molecule has 9 nitrogen and oxygen atoms in total. The second kappa shape index (κ2) is 9.23. The first kappa shape index (κ1) is 24.6. The number of likely N-dealkylation sites (tertiary alicyclic amines) is 1. The molecule has 0 radical (unpaired) electrons. The maximum Gasteiger partial charge on any atom is 0.253 e. The summed E-state index contributed by atoms with van der Waals surface area (Å²) in [6, 6.07) is 11.5. The van der Waals surface area contributed by atoms with Gasteiger partial charge in [0.1, 0.15) is 6.54 Å². The van der Waals surface area contributed by atoms with Gasteiger partial charge in [-0.25, -0.2) is 0 Å². The molecule has 2 aromatic carbocycles. The molecule has 2 fully saturated rings. The van der Waals surface area contributed by atoms with Crippen molar-refractivity contribution in [3.8, 4) is 0 Å². The average molecular weight is 516 g/mol. The first-order chi connectivity index (χ1) is 18.3. The molecule has 3 aliphatic rings. The maximum absolute atomic E-state index is 14.1. The summed E-state index contributed by atoms with van der Waals surface area (Å²) < 4.78 is 5.79. The van der Waals surface area contributed by atoms with Gasteiger partial charge in [-0.05, 0) is 69.0 Å². The quantitative estimate of drug-likeness (QED) is 0.578. The number of benzene rings is 2. The van der Waals surface area contributed by atoms with Crippen molar-refractivity contribution in [2.45, 2.75) is 51.2 Å². The van der Waals surface area contributed by atoms with E-state index < -0.39 is 5.41 Å². The summed E-state index contributed by atoms with van der Waals surface area (Å²) in [5, 5.41) is 7.84. The van der Waals surface area contributed by atoms with E-state index in [1.54, 1.807) is 11.1 Å². The minimum atomic E-state index is -0.724. The van der Waals surface area contributed by atoms with Crippen molar-refractivity contribution in [1.29, 1.82) is 0 Å². The molecule has 1 aromatic heterocycles. The van der Waals surface area contributed by atoms with E-state index in [4.69, 9.17) is 4.74 Å². The zero-order chi connectivity index (χ0) is 26.6. The van der Waals surface area contributed by atoms with Crippen molar-refractivity contribution in [2.75, 3.05) is 37.6 Å². The van der Waals surface area contributed by atoms with Gasteiger partial charge in [0.2, 0.25) is 11.8 Å². The number of piperidine rings is 1. The molecule has 3 aliphatic heterocycles. The van der Waals surface area contributed by atoms with Crippen molar-refractivity contribution in [2.24, 2.45) is 0 Å². The normalized spacial score (nSPS) is 22.8. The number of hydrogen-bond acceptors (Lipinski definition) is 5. The Morgan fingerprint density at radius 3 is 2.55 bits per heavy atom. The Hall–Kier alpha value is -3.72. The van der Waals surface area contributed by atoms with Crippen LogP contribution in [-0.4, -0.2) is 82.7 Å². The summed E-state index contributed by atoms with van der Waals surface area (Å²) in [6.07, 6.45) is 2.70. The fourth-order valence-electron chi connectivity index (χ4n) is 6.56. The average Bonchev–Trinajstić information content (AvgIpc) is 3.46. The number of aryl methyl sites for hydroxylation is 1. The third kappa shape index (κ3) is 3.96. The highest BCUT2D eigenvalue weighted by Crippen LogP contribution is 2.49. The standard InChI is InChI=1S/C29H33N5O4/c1-18-5-4-6-24-26(18)29(28(37)34(24)17-25(35)33-15-19(2)38-20(3)16-33)9-11-32(12-10-29)27(36)21-7-8-23-22(13-21)14-30-31-23/h4-8,13-14,19-20H,9-12,15-17H2,1-3H3,(H,30,31)/t19-,20+. The van der Waals surface area contributed by atoms with Crippen LogP contribution in [0.25, 0.3) is 10.9 Å². The van der Waals surface area contributed by atoms with Crippen molar-refractivity contribution in [3.05, 3.63) is 59.3 Å². The van der Waals surface area contributed by atoms with E-state index in [2.05, 4.69) is 10.2 Å². The van der Waals surface area contributed by atoms with Gasteiger partial charge in [0.15, 0.2) is 0 Å². The monoisotopic (exact) mass is 515 g/mol. The number of amides is 3. The van der Waals surface area contributed by atoms with Crippen LogP contribution in [0.15, 0.2) is 42.6 Å². The van der Waals surface area contributed by atoms with Gasteiger partial charge in [-0.3, -0.25) is 19.5 Å². The highest BCUT2D eigenvalue weighted by molar-refractivity contribution is 6.11. The number of carbonyl (C=O) groups excluding carboxylic acids is 3. The number of ether oxygens (including phenoxy) is 1. The Bertz CT molecular complexity index is 1410. The molecule has 2 atom stereocenters. The number of hydrogen-bond donors (Lipinski definition) is 1. The van der Waals surface area contributed by atoms with E-state index in [1.165, 1.54) is 0 Å². The van der Waals surface area contributed by atoms with E-state index in [-0.39, 0.29) is 36.5 Å². The second-order valence-corrected chi connectivity index (χ2v) is 11.0. The molecule has 9 heteroatoms. The lowest BCUT2D eigenvalue weighted by molar-refractivity contribution is -0.142. The summed E-state index contributed by atoms with van der Waals surface area (Å²) in [4.78, 5) is 46.1. The minimum Gasteiger partial charge on any atom is -0.372 e. The summed E-state index contributed by atoms with van der Waals surface area (Å²) in [5.41, 5.74) is 3.65. The van der Waals surface area contributed by atoms with Crippen LogP contribution in [0.1, 0.15) is 48.2 Å². The van der Waals surface area contributed by atoms with Crippen molar-refractivity contribution >= 4 is 34.3 Å². The number of aromatic amines is 1. The largest absolute Gasteiger partial charge is 0.372 e. The van der Waals surface area contributed by atoms with Gasteiger partial charge in [-0.1, -0.05) is 12.1 Å². The molecule has 38 heavy (non-hydrogen) atoms. The lowest BCUT2D eigenvalue weighted by atomic mass is 9.72. The van der Waals surface area contributed by atoms with Crippen LogP contribution in [-0.2, 0) is 19.7 Å². The number of H-pyrrole nitrogens is 1.